The molecule has 15 heavy (non-hydrogen) atoms. The summed E-state index contributed by atoms with van der Waals surface area (Å²) in [6.07, 6.45) is 3.87. The second kappa shape index (κ2) is 3.88. The molecule has 0 unspecified atom stereocenters. The van der Waals surface area contributed by atoms with E-state index in [-0.39, 0.29) is 0 Å². The summed E-state index contributed by atoms with van der Waals surface area (Å²) in [7, 11) is 0. The van der Waals surface area contributed by atoms with E-state index in [1.54, 1.807) is 6.07 Å². The number of benzene rings is 1. The van der Waals surface area contributed by atoms with Gasteiger partial charge in [0.25, 0.3) is 0 Å². The summed E-state index contributed by atoms with van der Waals surface area (Å²) < 4.78 is 1.95. The van der Waals surface area contributed by atoms with E-state index in [0.717, 1.165) is 5.69 Å². The molecule has 4 nitrogen and oxygen atoms in total. The Kier molecular flexibility index (Phi) is 2.41. The van der Waals surface area contributed by atoms with Gasteiger partial charge in [0.05, 0.1) is 0 Å². The number of hydrogen-bond acceptors (Lipinski definition) is 1. The zero-order valence-electron chi connectivity index (χ0n) is 8.05. The van der Waals surface area contributed by atoms with E-state index in [4.69, 9.17) is 5.73 Å². The van der Waals surface area contributed by atoms with Crippen molar-refractivity contribution >= 4 is 11.7 Å². The molecule has 3 N–H and O–H groups in total. The smallest absolute Gasteiger partial charge is 0.316 e. The Labute approximate surface area is 87.3 Å². The Bertz CT molecular complexity index is 462. The molecule has 0 aliphatic heterocycles. The minimum Gasteiger partial charge on any atom is -0.351 e. The molecule has 1 heterocycles. The second-order valence-corrected chi connectivity index (χ2v) is 3.13. The van der Waals surface area contributed by atoms with Crippen LogP contribution in [0.5, 0.6) is 0 Å². The number of nitrogens with two attached hydrogens (primary N) is 1. The number of hydrogen-bond donors (Lipinski definition) is 2. The third-order valence-electron chi connectivity index (χ3n) is 2.02. The molecule has 0 saturated heterocycles. The predicted octanol–water partition coefficient (Wildman–Crippen LogP) is 1.97. The van der Waals surface area contributed by atoms with Crippen molar-refractivity contribution in [1.29, 1.82) is 0 Å². The minimum absolute atomic E-state index is 0.556. The standard InChI is InChI=1S/C11H11N3O/c12-11(15)13-9-4-3-5-10(8-9)14-6-1-2-7-14/h1-8H,(H3,12,13,15). The van der Waals surface area contributed by atoms with Crippen LogP contribution in [0.25, 0.3) is 5.69 Å². The van der Waals surface area contributed by atoms with Gasteiger partial charge in [0.1, 0.15) is 0 Å². The summed E-state index contributed by atoms with van der Waals surface area (Å²) in [5.74, 6) is 0. The van der Waals surface area contributed by atoms with E-state index < -0.39 is 6.03 Å². The summed E-state index contributed by atoms with van der Waals surface area (Å²) >= 11 is 0. The van der Waals surface area contributed by atoms with Crippen LogP contribution in [0.1, 0.15) is 0 Å². The van der Waals surface area contributed by atoms with Gasteiger partial charge in [-0.1, -0.05) is 6.07 Å². The number of urea groups is 1. The van der Waals surface area contributed by atoms with Gasteiger partial charge in [-0.25, -0.2) is 4.79 Å². The first-order chi connectivity index (χ1) is 7.25. The molecular weight excluding hydrogens is 190 g/mol. The molecule has 0 saturated carbocycles. The highest BCUT2D eigenvalue weighted by Gasteiger charge is 1.98. The Morgan fingerprint density at radius 2 is 1.93 bits per heavy atom. The molecule has 0 aliphatic rings. The van der Waals surface area contributed by atoms with Crippen molar-refractivity contribution in [3.8, 4) is 5.69 Å². The van der Waals surface area contributed by atoms with Crippen molar-refractivity contribution in [2.75, 3.05) is 5.32 Å². The van der Waals surface area contributed by atoms with E-state index >= 15 is 0 Å². The van der Waals surface area contributed by atoms with Crippen molar-refractivity contribution in [2.24, 2.45) is 5.73 Å². The van der Waals surface area contributed by atoms with Gasteiger partial charge in [0, 0.05) is 23.8 Å². The molecule has 0 atom stereocenters. The topological polar surface area (TPSA) is 60.1 Å². The van der Waals surface area contributed by atoms with Gasteiger partial charge in [0.15, 0.2) is 0 Å². The number of nitrogens with zero attached hydrogens (tertiary/aromatic N) is 1. The van der Waals surface area contributed by atoms with Crippen molar-refractivity contribution < 1.29 is 4.79 Å². The van der Waals surface area contributed by atoms with Crippen molar-refractivity contribution in [3.63, 3.8) is 0 Å². The summed E-state index contributed by atoms with van der Waals surface area (Å²) in [5.41, 5.74) is 6.70. The van der Waals surface area contributed by atoms with Gasteiger partial charge < -0.3 is 15.6 Å². The summed E-state index contributed by atoms with van der Waals surface area (Å²) in [4.78, 5) is 10.7. The van der Waals surface area contributed by atoms with Gasteiger partial charge in [-0.2, -0.15) is 0 Å². The molecule has 2 aromatic rings. The lowest BCUT2D eigenvalue weighted by molar-refractivity contribution is 0.259. The average Bonchev–Trinajstić information content (AvgIpc) is 2.69. The fourth-order valence-corrected chi connectivity index (χ4v) is 1.39. The Balaban J connectivity index is 2.31. The fraction of sp³-hybridized carbons (Fsp3) is 0. The van der Waals surface area contributed by atoms with Crippen LogP contribution in [0, 0.1) is 0 Å². The Morgan fingerprint density at radius 1 is 1.20 bits per heavy atom. The molecule has 0 spiro atoms. The van der Waals surface area contributed by atoms with Gasteiger partial charge in [-0.15, -0.1) is 0 Å². The fourth-order valence-electron chi connectivity index (χ4n) is 1.39. The van der Waals surface area contributed by atoms with E-state index in [1.807, 2.05) is 47.3 Å². The van der Waals surface area contributed by atoms with Crippen LogP contribution in [0.2, 0.25) is 0 Å². The van der Waals surface area contributed by atoms with Gasteiger partial charge >= 0.3 is 6.03 Å². The van der Waals surface area contributed by atoms with E-state index in [1.165, 1.54) is 0 Å². The number of amides is 2. The van der Waals surface area contributed by atoms with E-state index in [2.05, 4.69) is 5.32 Å². The monoisotopic (exact) mass is 201 g/mol. The zero-order chi connectivity index (χ0) is 10.7. The van der Waals surface area contributed by atoms with Crippen LogP contribution in [-0.2, 0) is 0 Å². The van der Waals surface area contributed by atoms with Crippen LogP contribution in [0.15, 0.2) is 48.8 Å². The maximum atomic E-state index is 10.7. The van der Waals surface area contributed by atoms with E-state index in [0.29, 0.717) is 5.69 Å². The van der Waals surface area contributed by atoms with Crippen LogP contribution in [-0.4, -0.2) is 10.6 Å². The Hall–Kier alpha value is -2.23. The molecule has 4 heteroatoms. The maximum absolute atomic E-state index is 10.7. The SMILES string of the molecule is NC(=O)Nc1cccc(-n2cccc2)c1. The first-order valence-electron chi connectivity index (χ1n) is 4.55. The number of primary amides is 1. The van der Waals surface area contributed by atoms with Gasteiger partial charge in [-0.05, 0) is 30.3 Å². The molecule has 0 radical (unpaired) electrons. The molecule has 0 fully saturated rings. The predicted molar refractivity (Wildman–Crippen MR) is 59.0 cm³/mol. The molecule has 1 aromatic carbocycles. The number of carbonyl (C=O) groups is 1. The van der Waals surface area contributed by atoms with Crippen LogP contribution in [0.3, 0.4) is 0 Å². The molecule has 1 aromatic heterocycles. The third-order valence-corrected chi connectivity index (χ3v) is 2.02. The largest absolute Gasteiger partial charge is 0.351 e. The first kappa shape index (κ1) is 9.33. The maximum Gasteiger partial charge on any atom is 0.316 e. The van der Waals surface area contributed by atoms with Crippen LogP contribution in [0.4, 0.5) is 10.5 Å². The lowest BCUT2D eigenvalue weighted by Crippen LogP contribution is -2.19. The molecule has 76 valence electrons. The summed E-state index contributed by atoms with van der Waals surface area (Å²) in [6.45, 7) is 0. The first-order valence-corrected chi connectivity index (χ1v) is 4.55. The number of anilines is 1. The lowest BCUT2D eigenvalue weighted by atomic mass is 10.3. The normalized spacial score (nSPS) is 9.87. The molecule has 0 aliphatic carbocycles. The average molecular weight is 201 g/mol. The summed E-state index contributed by atoms with van der Waals surface area (Å²) in [6, 6.07) is 10.8. The van der Waals surface area contributed by atoms with E-state index in [9.17, 15) is 4.79 Å². The highest BCUT2D eigenvalue weighted by molar-refractivity contribution is 5.88. The quantitative estimate of drug-likeness (QED) is 0.766. The van der Waals surface area contributed by atoms with Crippen LogP contribution >= 0.6 is 0 Å². The number of carbonyl (C=O) groups excluding carboxylic acids is 1. The van der Waals surface area contributed by atoms with Crippen molar-refractivity contribution in [3.05, 3.63) is 48.8 Å². The summed E-state index contributed by atoms with van der Waals surface area (Å²) in [5, 5.41) is 2.53. The van der Waals surface area contributed by atoms with Gasteiger partial charge in [0.2, 0.25) is 0 Å². The minimum atomic E-state index is -0.556. The lowest BCUT2D eigenvalue weighted by Gasteiger charge is -2.06. The molecule has 2 rings (SSSR count). The second-order valence-electron chi connectivity index (χ2n) is 3.13. The van der Waals surface area contributed by atoms with Gasteiger partial charge in [-0.3, -0.25) is 0 Å². The molecule has 0 bridgehead atoms. The molecule has 2 amide bonds. The third kappa shape index (κ3) is 2.17. The number of rotatable bonds is 2. The number of nitrogens with one attached hydrogen (secondary N) is 1. The van der Waals surface area contributed by atoms with Crippen molar-refractivity contribution in [1.82, 2.24) is 4.57 Å². The molecular formula is C11H11N3O. The highest BCUT2D eigenvalue weighted by Crippen LogP contribution is 2.14. The zero-order valence-corrected chi connectivity index (χ0v) is 8.05. The van der Waals surface area contributed by atoms with Crippen LogP contribution < -0.4 is 11.1 Å². The number of aromatic nitrogens is 1. The highest BCUT2D eigenvalue weighted by atomic mass is 16.2. The van der Waals surface area contributed by atoms with Crippen molar-refractivity contribution in [2.45, 2.75) is 0 Å². The Morgan fingerprint density at radius 3 is 2.60 bits per heavy atom.